The van der Waals surface area contributed by atoms with Gasteiger partial charge in [0.05, 0.1) is 12.0 Å². The molecule has 2 aromatic heterocycles. The Labute approximate surface area is 150 Å². The number of rotatable bonds is 5. The molecule has 138 valence electrons. The molecule has 3 N–H and O–H groups in total. The third kappa shape index (κ3) is 3.51. The van der Waals surface area contributed by atoms with Crippen molar-refractivity contribution in [1.82, 2.24) is 19.9 Å². The van der Waals surface area contributed by atoms with Crippen LogP contribution in [0.5, 0.6) is 0 Å². The first kappa shape index (κ1) is 16.9. The van der Waals surface area contributed by atoms with E-state index in [9.17, 15) is 8.42 Å². The normalized spacial score (nSPS) is 16.0. The lowest BCUT2D eigenvalue weighted by molar-refractivity contribution is 0.466. The summed E-state index contributed by atoms with van der Waals surface area (Å²) >= 11 is 0. The molecule has 0 spiro atoms. The minimum absolute atomic E-state index is 0.0338. The molecule has 3 heterocycles. The van der Waals surface area contributed by atoms with Crippen molar-refractivity contribution in [2.24, 2.45) is 7.05 Å². The fourth-order valence-electron chi connectivity index (χ4n) is 2.93. The van der Waals surface area contributed by atoms with Crippen LogP contribution >= 0.6 is 0 Å². The number of imidazole rings is 1. The van der Waals surface area contributed by atoms with E-state index in [0.717, 1.165) is 25.9 Å². The van der Waals surface area contributed by atoms with Crippen LogP contribution in [0.3, 0.4) is 0 Å². The molecule has 0 aliphatic carbocycles. The van der Waals surface area contributed by atoms with Crippen molar-refractivity contribution >= 4 is 32.8 Å². The van der Waals surface area contributed by atoms with Gasteiger partial charge < -0.3 is 19.6 Å². The van der Waals surface area contributed by atoms with Gasteiger partial charge in [0, 0.05) is 19.3 Å². The first-order chi connectivity index (χ1) is 12.5. The molecule has 26 heavy (non-hydrogen) atoms. The van der Waals surface area contributed by atoms with Crippen LogP contribution in [0.4, 0.5) is 11.7 Å². The molecule has 0 amide bonds. The minimum Gasteiger partial charge on any atom is -0.424 e. The Bertz CT molecular complexity index is 1020. The maximum atomic E-state index is 12.4. The van der Waals surface area contributed by atoms with Gasteiger partial charge in [0.2, 0.25) is 0 Å². The van der Waals surface area contributed by atoms with Crippen molar-refractivity contribution in [3.63, 3.8) is 0 Å². The average Bonchev–Trinajstić information content (AvgIpc) is 3.21. The molecular formula is C16H20N6O3S. The highest BCUT2D eigenvalue weighted by Crippen LogP contribution is 2.25. The zero-order chi connectivity index (χ0) is 18.1. The molecule has 1 aliphatic rings. The van der Waals surface area contributed by atoms with Crippen LogP contribution in [-0.4, -0.2) is 42.1 Å². The zero-order valence-electron chi connectivity index (χ0n) is 14.3. The number of sulfonamides is 1. The Morgan fingerprint density at radius 1 is 1.31 bits per heavy atom. The van der Waals surface area contributed by atoms with Gasteiger partial charge in [-0.05, 0) is 44.1 Å². The van der Waals surface area contributed by atoms with Crippen LogP contribution < -0.4 is 15.4 Å². The van der Waals surface area contributed by atoms with E-state index in [4.69, 9.17) is 4.42 Å². The average molecular weight is 376 g/mol. The Morgan fingerprint density at radius 3 is 2.85 bits per heavy atom. The van der Waals surface area contributed by atoms with E-state index in [-0.39, 0.29) is 5.03 Å². The smallest absolute Gasteiger partial charge is 0.295 e. The molecule has 1 aromatic carbocycles. The second-order valence-corrected chi connectivity index (χ2v) is 7.98. The SMILES string of the molecule is Cn1cnc(S(=O)(=O)Nc2ccc3oc(NC4CCNCC4)nc3c2)c1. The molecule has 1 fully saturated rings. The molecule has 0 saturated carbocycles. The fraction of sp³-hybridized carbons (Fsp3) is 0.375. The number of hydrogen-bond donors (Lipinski definition) is 3. The van der Waals surface area contributed by atoms with Gasteiger partial charge in [-0.25, -0.2) is 4.98 Å². The van der Waals surface area contributed by atoms with Crippen LogP contribution in [0, 0.1) is 0 Å². The summed E-state index contributed by atoms with van der Waals surface area (Å²) in [6.45, 7) is 1.94. The standard InChI is InChI=1S/C16H20N6O3S/c1-22-9-15(18-10-22)26(23,24)21-12-2-3-14-13(8-12)20-16(25-14)19-11-4-6-17-7-5-11/h2-3,8-11,17,21H,4-7H2,1H3,(H,19,20). The Morgan fingerprint density at radius 2 is 2.12 bits per heavy atom. The Hall–Kier alpha value is -2.59. The molecule has 0 atom stereocenters. The first-order valence-electron chi connectivity index (χ1n) is 8.38. The van der Waals surface area contributed by atoms with Gasteiger partial charge in [-0.1, -0.05) is 0 Å². The lowest BCUT2D eigenvalue weighted by Gasteiger charge is -2.22. The quantitative estimate of drug-likeness (QED) is 0.619. The zero-order valence-corrected chi connectivity index (χ0v) is 15.1. The lowest BCUT2D eigenvalue weighted by atomic mass is 10.1. The van der Waals surface area contributed by atoms with E-state index >= 15 is 0 Å². The van der Waals surface area contributed by atoms with Gasteiger partial charge in [0.25, 0.3) is 16.0 Å². The molecule has 0 unspecified atom stereocenters. The van der Waals surface area contributed by atoms with E-state index < -0.39 is 10.0 Å². The van der Waals surface area contributed by atoms with Crippen LogP contribution in [-0.2, 0) is 17.1 Å². The molecular weight excluding hydrogens is 356 g/mol. The highest BCUT2D eigenvalue weighted by Gasteiger charge is 2.19. The summed E-state index contributed by atoms with van der Waals surface area (Å²) in [4.78, 5) is 8.30. The molecule has 0 bridgehead atoms. The highest BCUT2D eigenvalue weighted by molar-refractivity contribution is 7.92. The third-order valence-electron chi connectivity index (χ3n) is 4.26. The summed E-state index contributed by atoms with van der Waals surface area (Å²) in [6.07, 6.45) is 4.90. The number of nitrogens with zero attached hydrogens (tertiary/aromatic N) is 3. The molecule has 1 saturated heterocycles. The van der Waals surface area contributed by atoms with E-state index in [0.29, 0.717) is 28.8 Å². The second-order valence-electron chi connectivity index (χ2n) is 6.35. The van der Waals surface area contributed by atoms with E-state index in [2.05, 4.69) is 25.3 Å². The number of oxazole rings is 1. The number of benzene rings is 1. The van der Waals surface area contributed by atoms with Crippen LogP contribution in [0.15, 0.2) is 40.2 Å². The van der Waals surface area contributed by atoms with Crippen molar-refractivity contribution in [3.8, 4) is 0 Å². The predicted molar refractivity (Wildman–Crippen MR) is 97.5 cm³/mol. The number of nitrogens with one attached hydrogen (secondary N) is 3. The molecule has 1 aliphatic heterocycles. The molecule has 3 aromatic rings. The van der Waals surface area contributed by atoms with E-state index in [1.807, 2.05) is 0 Å². The molecule has 9 nitrogen and oxygen atoms in total. The maximum Gasteiger partial charge on any atom is 0.295 e. The molecule has 0 radical (unpaired) electrons. The van der Waals surface area contributed by atoms with Gasteiger partial charge >= 0.3 is 0 Å². The van der Waals surface area contributed by atoms with E-state index in [1.165, 1.54) is 12.5 Å². The predicted octanol–water partition coefficient (Wildman–Crippen LogP) is 1.53. The van der Waals surface area contributed by atoms with Crippen LogP contribution in [0.25, 0.3) is 11.1 Å². The number of fused-ring (bicyclic) bond motifs is 1. The summed E-state index contributed by atoms with van der Waals surface area (Å²) in [7, 11) is -2.03. The topological polar surface area (TPSA) is 114 Å². The van der Waals surface area contributed by atoms with Crippen molar-refractivity contribution in [2.75, 3.05) is 23.1 Å². The van der Waals surface area contributed by atoms with Gasteiger partial charge in [-0.2, -0.15) is 13.4 Å². The Balaban J connectivity index is 1.53. The fourth-order valence-corrected chi connectivity index (χ4v) is 3.96. The lowest BCUT2D eigenvalue weighted by Crippen LogP contribution is -2.35. The largest absolute Gasteiger partial charge is 0.424 e. The molecule has 10 heteroatoms. The van der Waals surface area contributed by atoms with Crippen LogP contribution in [0.2, 0.25) is 0 Å². The van der Waals surface area contributed by atoms with Crippen molar-refractivity contribution in [3.05, 3.63) is 30.7 Å². The van der Waals surface area contributed by atoms with Gasteiger partial charge in [0.1, 0.15) is 5.52 Å². The number of aryl methyl sites for hydroxylation is 1. The summed E-state index contributed by atoms with van der Waals surface area (Å²) in [5.74, 6) is 0. The number of anilines is 2. The summed E-state index contributed by atoms with van der Waals surface area (Å²) in [5.41, 5.74) is 1.59. The second kappa shape index (κ2) is 6.61. The first-order valence-corrected chi connectivity index (χ1v) is 9.86. The number of hydrogen-bond acceptors (Lipinski definition) is 7. The number of aromatic nitrogens is 3. The van der Waals surface area contributed by atoms with E-state index in [1.54, 1.807) is 29.8 Å². The summed E-state index contributed by atoms with van der Waals surface area (Å²) in [5, 5.41) is 6.57. The van der Waals surface area contributed by atoms with Gasteiger partial charge in [0.15, 0.2) is 10.6 Å². The molecule has 4 rings (SSSR count). The van der Waals surface area contributed by atoms with Crippen molar-refractivity contribution in [1.29, 1.82) is 0 Å². The maximum absolute atomic E-state index is 12.4. The van der Waals surface area contributed by atoms with Crippen LogP contribution in [0.1, 0.15) is 12.8 Å². The summed E-state index contributed by atoms with van der Waals surface area (Å²) in [6, 6.07) is 5.77. The third-order valence-corrected chi connectivity index (χ3v) is 5.53. The summed E-state index contributed by atoms with van der Waals surface area (Å²) < 4.78 is 34.5. The monoisotopic (exact) mass is 376 g/mol. The Kier molecular flexibility index (Phi) is 4.29. The van der Waals surface area contributed by atoms with Crippen molar-refractivity contribution < 1.29 is 12.8 Å². The minimum atomic E-state index is -3.74. The van der Waals surface area contributed by atoms with Crippen molar-refractivity contribution in [2.45, 2.75) is 23.9 Å². The highest BCUT2D eigenvalue weighted by atomic mass is 32.2. The van der Waals surface area contributed by atoms with Gasteiger partial charge in [-0.3, -0.25) is 4.72 Å². The number of piperidine rings is 1. The van der Waals surface area contributed by atoms with Gasteiger partial charge in [-0.15, -0.1) is 0 Å².